The molecule has 0 aliphatic heterocycles. The summed E-state index contributed by atoms with van der Waals surface area (Å²) in [5.74, 6) is 3.73. The fourth-order valence-corrected chi connectivity index (χ4v) is 2.41. The van der Waals surface area contributed by atoms with Gasteiger partial charge in [0.1, 0.15) is 12.4 Å². The molecule has 0 saturated carbocycles. The van der Waals surface area contributed by atoms with Crippen LogP contribution in [0.2, 0.25) is 0 Å². The first-order valence-corrected chi connectivity index (χ1v) is 7.56. The highest BCUT2D eigenvalue weighted by molar-refractivity contribution is 9.10. The third-order valence-corrected chi connectivity index (χ3v) is 3.63. The third kappa shape index (κ3) is 5.54. The summed E-state index contributed by atoms with van der Waals surface area (Å²) in [6, 6.07) is 6.15. The van der Waals surface area contributed by atoms with E-state index >= 15 is 0 Å². The Morgan fingerprint density at radius 2 is 2.20 bits per heavy atom. The fourth-order valence-electron chi connectivity index (χ4n) is 2.00. The van der Waals surface area contributed by atoms with Gasteiger partial charge in [-0.15, -0.1) is 6.42 Å². The second-order valence-electron chi connectivity index (χ2n) is 4.99. The van der Waals surface area contributed by atoms with Crippen molar-refractivity contribution in [1.29, 1.82) is 0 Å². The Labute approximate surface area is 129 Å². The molecule has 0 fully saturated rings. The molecule has 110 valence electrons. The van der Waals surface area contributed by atoms with E-state index in [-0.39, 0.29) is 19.3 Å². The Morgan fingerprint density at radius 3 is 2.80 bits per heavy atom. The van der Waals surface area contributed by atoms with E-state index in [1.165, 1.54) is 0 Å². The zero-order valence-electron chi connectivity index (χ0n) is 12.0. The highest BCUT2D eigenvalue weighted by Gasteiger charge is 2.13. The van der Waals surface area contributed by atoms with Crippen molar-refractivity contribution in [2.75, 3.05) is 13.2 Å². The first kappa shape index (κ1) is 17.0. The number of hydrogen-bond acceptors (Lipinski definition) is 3. The first-order chi connectivity index (χ1) is 9.58. The maximum atomic E-state index is 9.10. The molecular formula is C16H22BrNO2. The van der Waals surface area contributed by atoms with E-state index in [1.807, 2.05) is 18.2 Å². The molecule has 0 aromatic heterocycles. The van der Waals surface area contributed by atoms with Crippen LogP contribution in [0.1, 0.15) is 25.8 Å². The summed E-state index contributed by atoms with van der Waals surface area (Å²) in [7, 11) is 0. The van der Waals surface area contributed by atoms with Crippen LogP contribution in [-0.2, 0) is 6.54 Å². The number of aliphatic hydroxyl groups is 1. The van der Waals surface area contributed by atoms with Gasteiger partial charge in [-0.2, -0.15) is 0 Å². The average molecular weight is 340 g/mol. The molecule has 2 N–H and O–H groups in total. The Morgan fingerprint density at radius 1 is 1.45 bits per heavy atom. The van der Waals surface area contributed by atoms with Crippen LogP contribution in [0, 0.1) is 18.3 Å². The minimum absolute atomic E-state index is 0.189. The van der Waals surface area contributed by atoms with Crippen LogP contribution in [0.15, 0.2) is 22.7 Å². The average Bonchev–Trinajstić information content (AvgIpc) is 2.42. The molecule has 0 aliphatic carbocycles. The zero-order valence-corrected chi connectivity index (χ0v) is 13.6. The molecule has 0 heterocycles. The summed E-state index contributed by atoms with van der Waals surface area (Å²) in [5.41, 5.74) is 1.05. The molecule has 3 nitrogen and oxygen atoms in total. The normalized spacial score (nSPS) is 12.2. The van der Waals surface area contributed by atoms with Crippen LogP contribution < -0.4 is 10.1 Å². The van der Waals surface area contributed by atoms with Gasteiger partial charge < -0.3 is 15.2 Å². The molecule has 1 rings (SSSR count). The number of rotatable bonds is 8. The van der Waals surface area contributed by atoms with Crippen molar-refractivity contribution < 1.29 is 9.84 Å². The number of halogens is 1. The van der Waals surface area contributed by atoms with Gasteiger partial charge in [-0.05, 0) is 30.5 Å². The molecule has 20 heavy (non-hydrogen) atoms. The number of terminal acetylenes is 1. The van der Waals surface area contributed by atoms with Gasteiger partial charge in [0, 0.05) is 29.2 Å². The summed E-state index contributed by atoms with van der Waals surface area (Å²) in [6.45, 7) is 5.42. The van der Waals surface area contributed by atoms with Crippen LogP contribution in [0.4, 0.5) is 0 Å². The van der Waals surface area contributed by atoms with E-state index in [1.54, 1.807) is 0 Å². The van der Waals surface area contributed by atoms with Crippen molar-refractivity contribution in [3.63, 3.8) is 0 Å². The first-order valence-electron chi connectivity index (χ1n) is 6.77. The molecule has 0 spiro atoms. The molecular weight excluding hydrogens is 318 g/mol. The third-order valence-electron chi connectivity index (χ3n) is 3.13. The fraction of sp³-hybridized carbons (Fsp3) is 0.500. The van der Waals surface area contributed by atoms with Crippen molar-refractivity contribution in [2.24, 2.45) is 5.92 Å². The topological polar surface area (TPSA) is 41.5 Å². The second kappa shape index (κ2) is 9.02. The summed E-state index contributed by atoms with van der Waals surface area (Å²) in [6.07, 6.45) is 5.97. The van der Waals surface area contributed by atoms with E-state index in [2.05, 4.69) is 41.0 Å². The quantitative estimate of drug-likeness (QED) is 0.715. The van der Waals surface area contributed by atoms with Gasteiger partial charge in [-0.1, -0.05) is 35.7 Å². The Bertz CT molecular complexity index is 454. The molecule has 0 bridgehead atoms. The highest BCUT2D eigenvalue weighted by Crippen LogP contribution is 2.23. The molecule has 0 saturated heterocycles. The molecule has 0 radical (unpaired) electrons. The lowest BCUT2D eigenvalue weighted by atomic mass is 10.0. The lowest BCUT2D eigenvalue weighted by Gasteiger charge is -2.22. The van der Waals surface area contributed by atoms with E-state index < -0.39 is 0 Å². The van der Waals surface area contributed by atoms with Gasteiger partial charge in [-0.25, -0.2) is 0 Å². The van der Waals surface area contributed by atoms with Crippen molar-refractivity contribution in [3.8, 4) is 18.1 Å². The van der Waals surface area contributed by atoms with E-state index in [9.17, 15) is 0 Å². The number of nitrogens with one attached hydrogen (secondary N) is 1. The maximum Gasteiger partial charge on any atom is 0.148 e. The maximum absolute atomic E-state index is 9.10. The highest BCUT2D eigenvalue weighted by atomic mass is 79.9. The molecule has 1 atom stereocenters. The molecule has 1 aromatic carbocycles. The molecule has 1 unspecified atom stereocenters. The van der Waals surface area contributed by atoms with E-state index in [0.717, 1.165) is 22.2 Å². The van der Waals surface area contributed by atoms with Gasteiger partial charge >= 0.3 is 0 Å². The number of ether oxygens (including phenoxy) is 1. The lowest BCUT2D eigenvalue weighted by molar-refractivity contribution is 0.243. The predicted octanol–water partition coefficient (Wildman–Crippen LogP) is 2.96. The SMILES string of the molecule is C#CCOc1ccc(Br)cc1CNC(CCO)C(C)C. The Hall–Kier alpha value is -1.02. The Balaban J connectivity index is 2.74. The van der Waals surface area contributed by atoms with Crippen molar-refractivity contribution in [2.45, 2.75) is 32.9 Å². The van der Waals surface area contributed by atoms with Crippen LogP contribution in [0.5, 0.6) is 5.75 Å². The van der Waals surface area contributed by atoms with E-state index in [4.69, 9.17) is 16.3 Å². The molecule has 0 amide bonds. The van der Waals surface area contributed by atoms with Crippen LogP contribution >= 0.6 is 15.9 Å². The monoisotopic (exact) mass is 339 g/mol. The van der Waals surface area contributed by atoms with Crippen molar-refractivity contribution >= 4 is 15.9 Å². The summed E-state index contributed by atoms with van der Waals surface area (Å²) < 4.78 is 6.55. The Kier molecular flexibility index (Phi) is 7.68. The zero-order chi connectivity index (χ0) is 15.0. The van der Waals surface area contributed by atoms with Gasteiger partial charge in [0.25, 0.3) is 0 Å². The van der Waals surface area contributed by atoms with Gasteiger partial charge in [0.15, 0.2) is 0 Å². The molecule has 1 aromatic rings. The summed E-state index contributed by atoms with van der Waals surface area (Å²) in [4.78, 5) is 0. The second-order valence-corrected chi connectivity index (χ2v) is 5.90. The summed E-state index contributed by atoms with van der Waals surface area (Å²) >= 11 is 3.47. The number of aliphatic hydroxyl groups excluding tert-OH is 1. The van der Waals surface area contributed by atoms with Crippen LogP contribution in [-0.4, -0.2) is 24.4 Å². The van der Waals surface area contributed by atoms with Gasteiger partial charge in [0.05, 0.1) is 0 Å². The summed E-state index contributed by atoms with van der Waals surface area (Å²) in [5, 5.41) is 12.6. The van der Waals surface area contributed by atoms with Crippen LogP contribution in [0.3, 0.4) is 0 Å². The van der Waals surface area contributed by atoms with Crippen molar-refractivity contribution in [3.05, 3.63) is 28.2 Å². The smallest absolute Gasteiger partial charge is 0.148 e. The number of hydrogen-bond donors (Lipinski definition) is 2. The minimum atomic E-state index is 0.189. The largest absolute Gasteiger partial charge is 0.481 e. The van der Waals surface area contributed by atoms with Gasteiger partial charge in [-0.3, -0.25) is 0 Å². The van der Waals surface area contributed by atoms with Crippen LogP contribution in [0.25, 0.3) is 0 Å². The van der Waals surface area contributed by atoms with E-state index in [0.29, 0.717) is 12.5 Å². The van der Waals surface area contributed by atoms with Gasteiger partial charge in [0.2, 0.25) is 0 Å². The predicted molar refractivity (Wildman–Crippen MR) is 85.6 cm³/mol. The molecule has 0 aliphatic rings. The minimum Gasteiger partial charge on any atom is -0.481 e. The standard InChI is InChI=1S/C16H22BrNO2/c1-4-9-20-16-6-5-14(17)10-13(16)11-18-15(7-8-19)12(2)3/h1,5-6,10,12,15,18-19H,7-9,11H2,2-3H3. The molecule has 4 heteroatoms. The number of benzene rings is 1. The lowest BCUT2D eigenvalue weighted by Crippen LogP contribution is -2.34. The van der Waals surface area contributed by atoms with Crippen molar-refractivity contribution in [1.82, 2.24) is 5.32 Å².